The van der Waals surface area contributed by atoms with Gasteiger partial charge in [0.15, 0.2) is 11.5 Å². The molecule has 0 aliphatic carbocycles. The zero-order chi connectivity index (χ0) is 14.9. The van der Waals surface area contributed by atoms with Crippen LogP contribution in [0, 0.1) is 5.92 Å². The Morgan fingerprint density at radius 2 is 1.86 bits per heavy atom. The number of ether oxygens (including phenoxy) is 2. The fourth-order valence-corrected chi connectivity index (χ4v) is 2.97. The second kappa shape index (κ2) is 5.75. The number of fused-ring (bicyclic) bond motifs is 1. The van der Waals surface area contributed by atoms with Crippen LogP contribution in [0.1, 0.15) is 24.0 Å². The second-order valence-corrected chi connectivity index (χ2v) is 5.57. The van der Waals surface area contributed by atoms with E-state index in [1.54, 1.807) is 0 Å². The van der Waals surface area contributed by atoms with Crippen molar-refractivity contribution in [3.05, 3.63) is 23.3 Å². The molecule has 0 spiro atoms. The van der Waals surface area contributed by atoms with E-state index in [2.05, 4.69) is 5.32 Å². The van der Waals surface area contributed by atoms with Crippen molar-refractivity contribution in [1.29, 1.82) is 0 Å². The minimum absolute atomic E-state index is 0.194. The molecule has 0 saturated carbocycles. The van der Waals surface area contributed by atoms with Crippen LogP contribution in [0.3, 0.4) is 0 Å². The third-order valence-corrected chi connectivity index (χ3v) is 3.98. The van der Waals surface area contributed by atoms with Crippen molar-refractivity contribution >= 4 is 0 Å². The fourth-order valence-electron chi connectivity index (χ4n) is 2.97. The van der Waals surface area contributed by atoms with Gasteiger partial charge in [0.25, 0.3) is 0 Å². The number of halogens is 3. The van der Waals surface area contributed by atoms with Gasteiger partial charge in [-0.25, -0.2) is 0 Å². The Kier molecular flexibility index (Phi) is 3.97. The normalized spacial score (nSPS) is 22.1. The molecule has 6 heteroatoms. The van der Waals surface area contributed by atoms with Crippen molar-refractivity contribution in [2.45, 2.75) is 25.4 Å². The van der Waals surface area contributed by atoms with E-state index in [4.69, 9.17) is 9.47 Å². The molecule has 1 fully saturated rings. The summed E-state index contributed by atoms with van der Waals surface area (Å²) >= 11 is 0. The summed E-state index contributed by atoms with van der Waals surface area (Å²) in [5.74, 6) is 0.856. The van der Waals surface area contributed by atoms with Crippen molar-refractivity contribution in [2.75, 3.05) is 26.3 Å². The highest BCUT2D eigenvalue weighted by atomic mass is 19.4. The Labute approximate surface area is 121 Å². The maximum atomic E-state index is 13.3. The number of rotatable bonds is 2. The maximum absolute atomic E-state index is 13.3. The largest absolute Gasteiger partial charge is 0.486 e. The Hall–Kier alpha value is -1.43. The topological polar surface area (TPSA) is 30.5 Å². The lowest BCUT2D eigenvalue weighted by atomic mass is 9.89. The molecule has 3 rings (SSSR count). The zero-order valence-electron chi connectivity index (χ0n) is 11.6. The summed E-state index contributed by atoms with van der Waals surface area (Å²) in [6.45, 7) is 2.38. The number of benzene rings is 1. The first-order valence-electron chi connectivity index (χ1n) is 7.24. The molecule has 1 unspecified atom stereocenters. The standard InChI is InChI=1S/C15H18F3NO2/c16-15(17,18)12-8-14-13(20-4-5-21-14)7-11(12)6-10-2-1-3-19-9-10/h7-8,10,19H,1-6,9H2. The molecule has 0 bridgehead atoms. The predicted octanol–water partition coefficient (Wildman–Crippen LogP) is 3.02. The lowest BCUT2D eigenvalue weighted by Gasteiger charge is -2.26. The van der Waals surface area contributed by atoms with Crippen molar-refractivity contribution < 1.29 is 22.6 Å². The monoisotopic (exact) mass is 301 g/mol. The quantitative estimate of drug-likeness (QED) is 0.911. The molecule has 0 amide bonds. The highest BCUT2D eigenvalue weighted by molar-refractivity contribution is 5.49. The van der Waals surface area contributed by atoms with E-state index in [9.17, 15) is 13.2 Å². The van der Waals surface area contributed by atoms with E-state index in [1.807, 2.05) is 0 Å². The molecular formula is C15H18F3NO2. The van der Waals surface area contributed by atoms with E-state index in [0.717, 1.165) is 32.0 Å². The number of hydrogen-bond acceptors (Lipinski definition) is 3. The number of piperidine rings is 1. The van der Waals surface area contributed by atoms with Gasteiger partial charge in [-0.05, 0) is 56.0 Å². The summed E-state index contributed by atoms with van der Waals surface area (Å²) in [6, 6.07) is 2.59. The van der Waals surface area contributed by atoms with Gasteiger partial charge in [0.05, 0.1) is 5.56 Å². The van der Waals surface area contributed by atoms with Crippen LogP contribution in [0.25, 0.3) is 0 Å². The summed E-state index contributed by atoms with van der Waals surface area (Å²) in [5, 5.41) is 3.24. The molecule has 2 heterocycles. The van der Waals surface area contributed by atoms with Gasteiger partial charge in [0.2, 0.25) is 0 Å². The molecule has 1 saturated heterocycles. The van der Waals surface area contributed by atoms with Gasteiger partial charge in [0.1, 0.15) is 13.2 Å². The van der Waals surface area contributed by atoms with E-state index < -0.39 is 11.7 Å². The molecule has 1 aromatic carbocycles. The van der Waals surface area contributed by atoms with E-state index in [0.29, 0.717) is 24.3 Å². The van der Waals surface area contributed by atoms with Gasteiger partial charge in [-0.2, -0.15) is 13.2 Å². The van der Waals surface area contributed by atoms with E-state index in [1.165, 1.54) is 6.07 Å². The van der Waals surface area contributed by atoms with Crippen molar-refractivity contribution in [2.24, 2.45) is 5.92 Å². The van der Waals surface area contributed by atoms with Crippen LogP contribution >= 0.6 is 0 Å². The number of nitrogens with one attached hydrogen (secondary N) is 1. The van der Waals surface area contributed by atoms with Crippen molar-refractivity contribution in [3.63, 3.8) is 0 Å². The molecule has 2 aliphatic heterocycles. The van der Waals surface area contributed by atoms with Crippen LogP contribution in [0.4, 0.5) is 13.2 Å². The van der Waals surface area contributed by atoms with Crippen LogP contribution in [0.5, 0.6) is 11.5 Å². The highest BCUT2D eigenvalue weighted by Crippen LogP contribution is 2.41. The predicted molar refractivity (Wildman–Crippen MR) is 71.7 cm³/mol. The minimum atomic E-state index is -4.37. The number of hydrogen-bond donors (Lipinski definition) is 1. The zero-order valence-corrected chi connectivity index (χ0v) is 11.6. The molecule has 1 N–H and O–H groups in total. The summed E-state index contributed by atoms with van der Waals surface area (Å²) < 4.78 is 50.5. The molecule has 0 aromatic heterocycles. The van der Waals surface area contributed by atoms with Crippen LogP contribution < -0.4 is 14.8 Å². The third kappa shape index (κ3) is 3.26. The van der Waals surface area contributed by atoms with E-state index >= 15 is 0 Å². The Morgan fingerprint density at radius 1 is 1.14 bits per heavy atom. The summed E-state index contributed by atoms with van der Waals surface area (Å²) in [4.78, 5) is 0. The van der Waals surface area contributed by atoms with Gasteiger partial charge >= 0.3 is 6.18 Å². The number of alkyl halides is 3. The van der Waals surface area contributed by atoms with Crippen molar-refractivity contribution in [1.82, 2.24) is 5.32 Å². The van der Waals surface area contributed by atoms with Crippen LogP contribution in [-0.2, 0) is 12.6 Å². The van der Waals surface area contributed by atoms with Gasteiger partial charge in [-0.3, -0.25) is 0 Å². The van der Waals surface area contributed by atoms with Crippen molar-refractivity contribution in [3.8, 4) is 11.5 Å². The van der Waals surface area contributed by atoms with Gasteiger partial charge in [-0.1, -0.05) is 0 Å². The third-order valence-electron chi connectivity index (χ3n) is 3.98. The summed E-state index contributed by atoms with van der Waals surface area (Å²) in [7, 11) is 0. The lowest BCUT2D eigenvalue weighted by Crippen LogP contribution is -2.31. The average Bonchev–Trinajstić information content (AvgIpc) is 2.46. The van der Waals surface area contributed by atoms with Gasteiger partial charge < -0.3 is 14.8 Å². The highest BCUT2D eigenvalue weighted by Gasteiger charge is 2.36. The first kappa shape index (κ1) is 14.5. The molecule has 21 heavy (non-hydrogen) atoms. The molecule has 3 nitrogen and oxygen atoms in total. The van der Waals surface area contributed by atoms with Gasteiger partial charge in [-0.15, -0.1) is 0 Å². The Morgan fingerprint density at radius 3 is 2.48 bits per heavy atom. The Bertz CT molecular complexity index is 510. The molecular weight excluding hydrogens is 283 g/mol. The van der Waals surface area contributed by atoms with E-state index in [-0.39, 0.29) is 18.3 Å². The van der Waals surface area contributed by atoms with Gasteiger partial charge in [0, 0.05) is 0 Å². The smallest absolute Gasteiger partial charge is 0.416 e. The first-order chi connectivity index (χ1) is 10.0. The van der Waals surface area contributed by atoms with Crippen LogP contribution in [-0.4, -0.2) is 26.3 Å². The maximum Gasteiger partial charge on any atom is 0.416 e. The van der Waals surface area contributed by atoms with Crippen LogP contribution in [0.2, 0.25) is 0 Å². The summed E-state index contributed by atoms with van der Waals surface area (Å²) in [5.41, 5.74) is -0.294. The Balaban J connectivity index is 1.92. The molecule has 1 atom stereocenters. The second-order valence-electron chi connectivity index (χ2n) is 5.57. The first-order valence-corrected chi connectivity index (χ1v) is 7.24. The summed E-state index contributed by atoms with van der Waals surface area (Å²) in [6.07, 6.45) is -1.99. The molecule has 116 valence electrons. The molecule has 0 radical (unpaired) electrons. The molecule has 1 aromatic rings. The van der Waals surface area contributed by atoms with Crippen LogP contribution in [0.15, 0.2) is 12.1 Å². The average molecular weight is 301 g/mol. The minimum Gasteiger partial charge on any atom is -0.486 e. The fraction of sp³-hybridized carbons (Fsp3) is 0.600. The SMILES string of the molecule is FC(F)(F)c1cc2c(cc1CC1CCCNC1)OCCO2. The lowest BCUT2D eigenvalue weighted by molar-refractivity contribution is -0.138. The molecule has 2 aliphatic rings.